The number of nitrogens with two attached hydrogens (primary N) is 1. The average Bonchev–Trinajstić information content (AvgIpc) is 3.43. The third kappa shape index (κ3) is 7.16. The van der Waals surface area contributed by atoms with Gasteiger partial charge in [-0.3, -0.25) is 9.59 Å². The van der Waals surface area contributed by atoms with E-state index in [0.717, 1.165) is 24.2 Å². The molecule has 10 nitrogen and oxygen atoms in total. The first-order valence-electron chi connectivity index (χ1n) is 11.9. The molecule has 1 atom stereocenters. The fraction of sp³-hybridized carbons (Fsp3) is 0.480. The lowest BCUT2D eigenvalue weighted by atomic mass is 10.0. The number of amides is 1. The zero-order valence-corrected chi connectivity index (χ0v) is 21.6. The normalized spacial score (nSPS) is 14.8. The number of carbonyl (C=O) groups is 2. The van der Waals surface area contributed by atoms with Gasteiger partial charge in [0.2, 0.25) is 0 Å². The molecule has 0 aromatic carbocycles. The fourth-order valence-electron chi connectivity index (χ4n) is 3.96. The van der Waals surface area contributed by atoms with Crippen molar-refractivity contribution < 1.29 is 14.3 Å². The third-order valence-corrected chi connectivity index (χ3v) is 6.47. The molecule has 2 aromatic rings. The van der Waals surface area contributed by atoms with Crippen LogP contribution in [-0.2, 0) is 22.5 Å². The minimum atomic E-state index is -0.429. The van der Waals surface area contributed by atoms with Crippen molar-refractivity contribution in [1.29, 1.82) is 5.26 Å². The van der Waals surface area contributed by atoms with Crippen molar-refractivity contribution >= 4 is 41.3 Å². The van der Waals surface area contributed by atoms with E-state index in [1.165, 1.54) is 6.20 Å². The van der Waals surface area contributed by atoms with Gasteiger partial charge in [-0.15, -0.1) is 0 Å². The number of nitrogens with one attached hydrogen (secondary N) is 2. The number of pyridine rings is 2. The second kappa shape index (κ2) is 13.8. The van der Waals surface area contributed by atoms with Gasteiger partial charge in [-0.05, 0) is 50.1 Å². The van der Waals surface area contributed by atoms with Crippen LogP contribution < -0.4 is 16.4 Å². The number of hydrogen-bond acceptors (Lipinski definition) is 10. The number of rotatable bonds is 13. The molecule has 11 heteroatoms. The summed E-state index contributed by atoms with van der Waals surface area (Å²) in [5, 5.41) is 15.9. The fourth-order valence-corrected chi connectivity index (χ4v) is 4.26. The number of aryl methyl sites for hydroxylation is 1. The molecular formula is C25H33N7O3S. The largest absolute Gasteiger partial charge is 0.383 e. The Morgan fingerprint density at radius 3 is 2.92 bits per heavy atom. The monoisotopic (exact) mass is 511 g/mol. The molecule has 3 heterocycles. The summed E-state index contributed by atoms with van der Waals surface area (Å²) in [4.78, 5) is 35.2. The molecule has 0 spiro atoms. The predicted octanol–water partition coefficient (Wildman–Crippen LogP) is 2.71. The molecule has 0 bridgehead atoms. The van der Waals surface area contributed by atoms with E-state index in [9.17, 15) is 14.9 Å². The second-order valence-electron chi connectivity index (χ2n) is 8.52. The number of carbonyl (C=O) groups excluding carboxylic acids is 2. The van der Waals surface area contributed by atoms with Gasteiger partial charge in [-0.1, -0.05) is 0 Å². The molecule has 2 aromatic heterocycles. The molecule has 36 heavy (non-hydrogen) atoms. The zero-order chi connectivity index (χ0) is 25.9. The summed E-state index contributed by atoms with van der Waals surface area (Å²) in [7, 11) is 1.70. The molecule has 0 radical (unpaired) electrons. The van der Waals surface area contributed by atoms with Crippen molar-refractivity contribution in [3.8, 4) is 6.07 Å². The minimum absolute atomic E-state index is 0.0988. The van der Waals surface area contributed by atoms with Gasteiger partial charge in [0, 0.05) is 50.3 Å². The third-order valence-electron chi connectivity index (χ3n) is 5.86. The number of hydrogen-bond donors (Lipinski definition) is 3. The molecule has 0 saturated carbocycles. The van der Waals surface area contributed by atoms with Crippen LogP contribution in [0.1, 0.15) is 46.4 Å². The van der Waals surface area contributed by atoms with Gasteiger partial charge in [-0.25, -0.2) is 9.97 Å². The van der Waals surface area contributed by atoms with Crippen LogP contribution in [0.25, 0.3) is 0 Å². The van der Waals surface area contributed by atoms with Gasteiger partial charge in [0.15, 0.2) is 6.29 Å². The summed E-state index contributed by atoms with van der Waals surface area (Å²) >= 11 is 1.71. The summed E-state index contributed by atoms with van der Waals surface area (Å²) in [5.41, 5.74) is 8.64. The summed E-state index contributed by atoms with van der Waals surface area (Å²) < 4.78 is 5.52. The SMILES string of the molecule is CSCCNc1cc(Nc2nc(C=O)c(CN(C)C(=O)C3CCCO3)cc2CCCN)ncc1C#N. The highest BCUT2D eigenvalue weighted by atomic mass is 32.2. The number of ether oxygens (including phenoxy) is 1. The Bertz CT molecular complexity index is 1100. The summed E-state index contributed by atoms with van der Waals surface area (Å²) in [5.74, 6) is 1.79. The van der Waals surface area contributed by atoms with E-state index in [1.54, 1.807) is 29.8 Å². The molecule has 1 aliphatic rings. The molecular weight excluding hydrogens is 478 g/mol. The lowest BCUT2D eigenvalue weighted by molar-refractivity contribution is -0.140. The number of thioether (sulfide) groups is 1. The number of nitrogens with zero attached hydrogens (tertiary/aromatic N) is 4. The summed E-state index contributed by atoms with van der Waals surface area (Å²) in [6.07, 6.45) is 6.72. The number of nitriles is 1. The predicted molar refractivity (Wildman–Crippen MR) is 142 cm³/mol. The highest BCUT2D eigenvalue weighted by Gasteiger charge is 2.27. The van der Waals surface area contributed by atoms with Crippen LogP contribution in [0.2, 0.25) is 0 Å². The molecule has 1 saturated heterocycles. The quantitative estimate of drug-likeness (QED) is 0.271. The van der Waals surface area contributed by atoms with Gasteiger partial charge in [-0.2, -0.15) is 17.0 Å². The van der Waals surface area contributed by atoms with Gasteiger partial charge >= 0.3 is 0 Å². The molecule has 0 aliphatic carbocycles. The van der Waals surface area contributed by atoms with E-state index in [0.29, 0.717) is 67.3 Å². The lowest BCUT2D eigenvalue weighted by Gasteiger charge is -2.22. The summed E-state index contributed by atoms with van der Waals surface area (Å²) in [6.45, 7) is 2.04. The number of aromatic nitrogens is 2. The van der Waals surface area contributed by atoms with E-state index >= 15 is 0 Å². The van der Waals surface area contributed by atoms with Gasteiger partial charge in [0.25, 0.3) is 5.91 Å². The van der Waals surface area contributed by atoms with Crippen LogP contribution in [0.15, 0.2) is 18.3 Å². The number of aldehydes is 1. The first kappa shape index (κ1) is 27.4. The Labute approximate surface area is 216 Å². The molecule has 4 N–H and O–H groups in total. The molecule has 3 rings (SSSR count). The Hall–Kier alpha value is -3.20. The van der Waals surface area contributed by atoms with E-state index < -0.39 is 6.10 Å². The van der Waals surface area contributed by atoms with Crippen molar-refractivity contribution in [3.63, 3.8) is 0 Å². The summed E-state index contributed by atoms with van der Waals surface area (Å²) in [6, 6.07) is 5.81. The highest BCUT2D eigenvalue weighted by molar-refractivity contribution is 7.98. The van der Waals surface area contributed by atoms with Crippen molar-refractivity contribution in [2.75, 3.05) is 49.4 Å². The first-order valence-corrected chi connectivity index (χ1v) is 13.3. The topological polar surface area (TPSA) is 146 Å². The second-order valence-corrected chi connectivity index (χ2v) is 9.50. The van der Waals surface area contributed by atoms with Gasteiger partial charge in [0.1, 0.15) is 29.5 Å². The van der Waals surface area contributed by atoms with Crippen LogP contribution in [0.5, 0.6) is 0 Å². The maximum Gasteiger partial charge on any atom is 0.251 e. The van der Waals surface area contributed by atoms with Crippen LogP contribution in [0.4, 0.5) is 17.3 Å². The highest BCUT2D eigenvalue weighted by Crippen LogP contribution is 2.26. The van der Waals surface area contributed by atoms with Crippen molar-refractivity contribution in [3.05, 3.63) is 40.7 Å². The van der Waals surface area contributed by atoms with Crippen LogP contribution >= 0.6 is 11.8 Å². The standard InChI is InChI=1S/C25H33N7O3S/c1-32(25(34)22-6-4-9-35-22)15-18-11-17(5-3-7-26)24(30-21(18)16-33)31-23-12-20(28-8-10-36-2)19(13-27)14-29-23/h11-12,14,16,22H,3-10,15,26H2,1-2H3,(H2,28,29,30,31). The van der Waals surface area contributed by atoms with E-state index in [4.69, 9.17) is 10.5 Å². The minimum Gasteiger partial charge on any atom is -0.383 e. The smallest absolute Gasteiger partial charge is 0.251 e. The average molecular weight is 512 g/mol. The lowest BCUT2D eigenvalue weighted by Crippen LogP contribution is -2.35. The molecule has 1 fully saturated rings. The van der Waals surface area contributed by atoms with E-state index in [2.05, 4.69) is 26.7 Å². The Morgan fingerprint density at radius 1 is 1.42 bits per heavy atom. The zero-order valence-electron chi connectivity index (χ0n) is 20.7. The number of anilines is 3. The van der Waals surface area contributed by atoms with Crippen LogP contribution in [0.3, 0.4) is 0 Å². The van der Waals surface area contributed by atoms with Crippen molar-refractivity contribution in [1.82, 2.24) is 14.9 Å². The maximum absolute atomic E-state index is 12.7. The molecule has 1 amide bonds. The van der Waals surface area contributed by atoms with E-state index in [1.807, 2.05) is 12.3 Å². The van der Waals surface area contributed by atoms with Crippen LogP contribution in [0, 0.1) is 11.3 Å². The molecule has 192 valence electrons. The Kier molecular flexibility index (Phi) is 10.5. The Morgan fingerprint density at radius 2 is 2.25 bits per heavy atom. The van der Waals surface area contributed by atoms with Crippen molar-refractivity contribution in [2.24, 2.45) is 5.73 Å². The Balaban J connectivity index is 1.87. The number of likely N-dealkylation sites (N-methyl/N-ethyl adjacent to an activating group) is 1. The molecule has 1 aliphatic heterocycles. The maximum atomic E-state index is 12.7. The molecule has 1 unspecified atom stereocenters. The van der Waals surface area contributed by atoms with Gasteiger partial charge < -0.3 is 26.0 Å². The van der Waals surface area contributed by atoms with E-state index in [-0.39, 0.29) is 18.1 Å². The van der Waals surface area contributed by atoms with Gasteiger partial charge in [0.05, 0.1) is 11.3 Å². The van der Waals surface area contributed by atoms with Crippen LogP contribution in [-0.4, -0.2) is 71.9 Å². The van der Waals surface area contributed by atoms with Crippen molar-refractivity contribution in [2.45, 2.75) is 38.3 Å². The first-order chi connectivity index (χ1) is 17.5.